The number of amides is 1. The van der Waals surface area contributed by atoms with Crippen LogP contribution in [0, 0.1) is 12.8 Å². The highest BCUT2D eigenvalue weighted by molar-refractivity contribution is 6.04. The summed E-state index contributed by atoms with van der Waals surface area (Å²) in [6.45, 7) is 2.13. The monoisotopic (exact) mass is 305 g/mol. The van der Waals surface area contributed by atoms with E-state index < -0.39 is 11.9 Å². The lowest BCUT2D eigenvalue weighted by atomic mass is 9.95. The summed E-state index contributed by atoms with van der Waals surface area (Å²) < 4.78 is 9.82. The van der Waals surface area contributed by atoms with Crippen molar-refractivity contribution in [2.75, 3.05) is 27.3 Å². The van der Waals surface area contributed by atoms with E-state index in [1.165, 1.54) is 19.1 Å². The second kappa shape index (κ2) is 6.60. The molecule has 6 nitrogen and oxygen atoms in total. The van der Waals surface area contributed by atoms with E-state index in [0.717, 1.165) is 5.56 Å². The van der Waals surface area contributed by atoms with E-state index in [1.807, 2.05) is 13.0 Å². The first-order valence-corrected chi connectivity index (χ1v) is 7.02. The van der Waals surface area contributed by atoms with Gasteiger partial charge >= 0.3 is 5.97 Å². The Morgan fingerprint density at radius 3 is 2.59 bits per heavy atom. The second-order valence-electron chi connectivity index (χ2n) is 5.26. The average Bonchev–Trinajstić information content (AvgIpc) is 2.53. The van der Waals surface area contributed by atoms with Gasteiger partial charge in [-0.15, -0.1) is 0 Å². The van der Waals surface area contributed by atoms with E-state index in [0.29, 0.717) is 17.9 Å². The molecule has 0 bridgehead atoms. The van der Waals surface area contributed by atoms with Crippen LogP contribution in [-0.2, 0) is 14.3 Å². The molecule has 0 radical (unpaired) electrons. The summed E-state index contributed by atoms with van der Waals surface area (Å²) in [6, 6.07) is 5.31. The van der Waals surface area contributed by atoms with Crippen molar-refractivity contribution in [1.29, 1.82) is 0 Å². The lowest BCUT2D eigenvalue weighted by molar-refractivity contribution is -0.151. The number of hydrogen-bond donors (Lipinski definition) is 0. The maximum atomic E-state index is 12.6. The smallest absolute Gasteiger partial charge is 0.316 e. The number of piperidine rings is 1. The molecule has 1 atom stereocenters. The molecule has 1 heterocycles. The molecule has 1 amide bonds. The minimum absolute atomic E-state index is 0.0876. The van der Waals surface area contributed by atoms with Crippen LogP contribution in [0.1, 0.15) is 22.3 Å². The molecule has 0 saturated carbocycles. The van der Waals surface area contributed by atoms with E-state index in [4.69, 9.17) is 4.74 Å². The summed E-state index contributed by atoms with van der Waals surface area (Å²) >= 11 is 0. The van der Waals surface area contributed by atoms with Crippen molar-refractivity contribution in [3.63, 3.8) is 0 Å². The number of methoxy groups -OCH3 is 2. The number of ketones is 1. The van der Waals surface area contributed by atoms with Gasteiger partial charge < -0.3 is 14.4 Å². The van der Waals surface area contributed by atoms with Crippen LogP contribution in [0.2, 0.25) is 0 Å². The minimum atomic E-state index is -0.770. The summed E-state index contributed by atoms with van der Waals surface area (Å²) in [5.74, 6) is -1.40. The third-order valence-corrected chi connectivity index (χ3v) is 3.78. The van der Waals surface area contributed by atoms with Gasteiger partial charge in [0.05, 0.1) is 26.3 Å². The number of nitrogens with zero attached hydrogens (tertiary/aromatic N) is 1. The van der Waals surface area contributed by atoms with E-state index >= 15 is 0 Å². The number of Topliss-reactive ketones (excluding diaryl/α,β-unsaturated/α-hetero) is 1. The zero-order chi connectivity index (χ0) is 16.3. The number of carbonyl (C=O) groups excluding carboxylic acids is 3. The quantitative estimate of drug-likeness (QED) is 0.620. The summed E-state index contributed by atoms with van der Waals surface area (Å²) in [4.78, 5) is 37.6. The van der Waals surface area contributed by atoms with Gasteiger partial charge in [-0.25, -0.2) is 0 Å². The van der Waals surface area contributed by atoms with Crippen LogP contribution in [-0.4, -0.2) is 49.9 Å². The Bertz CT molecular complexity index is 611. The van der Waals surface area contributed by atoms with Crippen molar-refractivity contribution >= 4 is 17.7 Å². The van der Waals surface area contributed by atoms with Crippen molar-refractivity contribution < 1.29 is 23.9 Å². The summed E-state index contributed by atoms with van der Waals surface area (Å²) in [7, 11) is 2.75. The third-order valence-electron chi connectivity index (χ3n) is 3.78. The largest absolute Gasteiger partial charge is 0.496 e. The first kappa shape index (κ1) is 16.0. The summed E-state index contributed by atoms with van der Waals surface area (Å²) in [5, 5.41) is 0. The van der Waals surface area contributed by atoms with Crippen LogP contribution in [0.5, 0.6) is 5.75 Å². The molecule has 2 rings (SSSR count). The second-order valence-corrected chi connectivity index (χ2v) is 5.26. The molecule has 6 heteroatoms. The fourth-order valence-electron chi connectivity index (χ4n) is 2.55. The molecule has 1 aliphatic heterocycles. The summed E-state index contributed by atoms with van der Waals surface area (Å²) in [6.07, 6.45) is 0.283. The topological polar surface area (TPSA) is 72.9 Å². The normalized spacial score (nSPS) is 18.0. The molecule has 118 valence electrons. The van der Waals surface area contributed by atoms with Gasteiger partial charge in [0.2, 0.25) is 0 Å². The number of hydrogen-bond acceptors (Lipinski definition) is 5. The maximum absolute atomic E-state index is 12.6. The molecule has 1 aromatic rings. The van der Waals surface area contributed by atoms with Crippen LogP contribution in [0.15, 0.2) is 18.2 Å². The van der Waals surface area contributed by atoms with E-state index in [1.54, 1.807) is 12.1 Å². The molecule has 1 aromatic carbocycles. The lowest BCUT2D eigenvalue weighted by Crippen LogP contribution is -2.46. The Hall–Kier alpha value is -2.37. The van der Waals surface area contributed by atoms with Crippen molar-refractivity contribution in [3.8, 4) is 5.75 Å². The van der Waals surface area contributed by atoms with Crippen molar-refractivity contribution in [3.05, 3.63) is 29.3 Å². The number of likely N-dealkylation sites (tertiary alicyclic amines) is 1. The van der Waals surface area contributed by atoms with Gasteiger partial charge in [-0.1, -0.05) is 11.6 Å². The van der Waals surface area contributed by atoms with Gasteiger partial charge in [-0.2, -0.15) is 0 Å². The standard InChI is InChI=1S/C16H19NO5/c1-10-4-5-14(21-2)12(8-10)15(19)17-7-6-11(13(18)9-17)16(20)22-3/h4-5,8,11H,6-7,9H2,1-3H3. The van der Waals surface area contributed by atoms with Crippen molar-refractivity contribution in [2.24, 2.45) is 5.92 Å². The molecular weight excluding hydrogens is 286 g/mol. The molecule has 0 spiro atoms. The third kappa shape index (κ3) is 3.10. The van der Waals surface area contributed by atoms with E-state index in [2.05, 4.69) is 4.74 Å². The van der Waals surface area contributed by atoms with Gasteiger partial charge in [0.15, 0.2) is 5.78 Å². The fourth-order valence-corrected chi connectivity index (χ4v) is 2.55. The molecule has 0 N–H and O–H groups in total. The minimum Gasteiger partial charge on any atom is -0.496 e. The number of carbonyl (C=O) groups is 3. The van der Waals surface area contributed by atoms with Crippen LogP contribution >= 0.6 is 0 Å². The number of benzene rings is 1. The molecule has 1 saturated heterocycles. The average molecular weight is 305 g/mol. The van der Waals surface area contributed by atoms with Gasteiger partial charge in [0.1, 0.15) is 11.7 Å². The summed E-state index contributed by atoms with van der Waals surface area (Å²) in [5.41, 5.74) is 1.35. The maximum Gasteiger partial charge on any atom is 0.316 e. The molecule has 1 unspecified atom stereocenters. The Kier molecular flexibility index (Phi) is 4.80. The number of ether oxygens (including phenoxy) is 2. The molecular formula is C16H19NO5. The van der Waals surface area contributed by atoms with Crippen LogP contribution in [0.3, 0.4) is 0 Å². The SMILES string of the molecule is COC(=O)C1CCN(C(=O)c2cc(C)ccc2OC)CC1=O. The predicted molar refractivity (Wildman–Crippen MR) is 78.8 cm³/mol. The number of esters is 1. The van der Waals surface area contributed by atoms with Crippen LogP contribution in [0.25, 0.3) is 0 Å². The van der Waals surface area contributed by atoms with Gasteiger partial charge in [0, 0.05) is 6.54 Å². The molecule has 1 fully saturated rings. The highest BCUT2D eigenvalue weighted by Gasteiger charge is 2.35. The van der Waals surface area contributed by atoms with Crippen molar-refractivity contribution in [1.82, 2.24) is 4.90 Å². The zero-order valence-electron chi connectivity index (χ0n) is 12.9. The molecule has 22 heavy (non-hydrogen) atoms. The van der Waals surface area contributed by atoms with E-state index in [9.17, 15) is 14.4 Å². The highest BCUT2D eigenvalue weighted by Crippen LogP contribution is 2.24. The van der Waals surface area contributed by atoms with Gasteiger partial charge in [-0.05, 0) is 25.5 Å². The molecule has 1 aliphatic rings. The number of rotatable bonds is 3. The van der Waals surface area contributed by atoms with Gasteiger partial charge in [0.25, 0.3) is 5.91 Å². The molecule has 0 aromatic heterocycles. The first-order chi connectivity index (χ1) is 10.5. The van der Waals surface area contributed by atoms with Gasteiger partial charge in [-0.3, -0.25) is 14.4 Å². The highest BCUT2D eigenvalue weighted by atomic mass is 16.5. The fraction of sp³-hybridized carbons (Fsp3) is 0.438. The van der Waals surface area contributed by atoms with E-state index in [-0.39, 0.29) is 24.7 Å². The Morgan fingerprint density at radius 2 is 2.00 bits per heavy atom. The number of aryl methyl sites for hydroxylation is 1. The van der Waals surface area contributed by atoms with Crippen LogP contribution < -0.4 is 4.74 Å². The Morgan fingerprint density at radius 1 is 1.27 bits per heavy atom. The van der Waals surface area contributed by atoms with Crippen LogP contribution in [0.4, 0.5) is 0 Å². The van der Waals surface area contributed by atoms with Crippen molar-refractivity contribution in [2.45, 2.75) is 13.3 Å². The Balaban J connectivity index is 2.17. The Labute approximate surface area is 129 Å². The molecule has 0 aliphatic carbocycles. The lowest BCUT2D eigenvalue weighted by Gasteiger charge is -2.30. The first-order valence-electron chi connectivity index (χ1n) is 7.02. The zero-order valence-corrected chi connectivity index (χ0v) is 12.9. The predicted octanol–water partition coefficient (Wildman–Crippen LogP) is 1.21.